The molecule has 0 saturated heterocycles. The van der Waals surface area contributed by atoms with Crippen LogP contribution in [0.25, 0.3) is 0 Å². The monoisotopic (exact) mass is 229 g/mol. The Kier molecular flexibility index (Phi) is 7.98. The van der Waals surface area contributed by atoms with E-state index in [0.29, 0.717) is 5.41 Å². The van der Waals surface area contributed by atoms with E-state index < -0.39 is 0 Å². The first-order chi connectivity index (χ1) is 7.37. The van der Waals surface area contributed by atoms with Gasteiger partial charge in [-0.15, -0.1) is 0 Å². The van der Waals surface area contributed by atoms with Gasteiger partial charge in [0.05, 0.1) is 0 Å². The Labute approximate surface area is 102 Å². The molecule has 0 saturated carbocycles. The quantitative estimate of drug-likeness (QED) is 0.605. The second-order valence-electron chi connectivity index (χ2n) is 5.88. The third kappa shape index (κ3) is 9.13. The Morgan fingerprint density at radius 2 is 1.69 bits per heavy atom. The van der Waals surface area contributed by atoms with Crippen molar-refractivity contribution >= 4 is 0 Å². The predicted molar refractivity (Wildman–Crippen MR) is 73.0 cm³/mol. The molecule has 0 rings (SSSR count). The fourth-order valence-electron chi connectivity index (χ4n) is 1.84. The Morgan fingerprint density at radius 3 is 2.19 bits per heavy atom. The van der Waals surface area contributed by atoms with Crippen LogP contribution in [0, 0.1) is 5.41 Å². The molecule has 3 heteroatoms. The summed E-state index contributed by atoms with van der Waals surface area (Å²) in [6.45, 7) is 12.5. The van der Waals surface area contributed by atoms with E-state index in [2.05, 4.69) is 57.0 Å². The minimum Gasteiger partial charge on any atom is -0.316 e. The molecule has 0 amide bonds. The molecule has 0 bridgehead atoms. The molecule has 0 heterocycles. The van der Waals surface area contributed by atoms with E-state index in [1.807, 2.05) is 0 Å². The van der Waals surface area contributed by atoms with Gasteiger partial charge in [0, 0.05) is 26.2 Å². The van der Waals surface area contributed by atoms with E-state index >= 15 is 0 Å². The largest absolute Gasteiger partial charge is 0.316 e. The highest BCUT2D eigenvalue weighted by Gasteiger charge is 2.19. The summed E-state index contributed by atoms with van der Waals surface area (Å²) in [7, 11) is 6.47. The van der Waals surface area contributed by atoms with Gasteiger partial charge in [0.15, 0.2) is 0 Å². The third-order valence-corrected chi connectivity index (χ3v) is 2.66. The topological polar surface area (TPSA) is 18.5 Å². The average molecular weight is 229 g/mol. The summed E-state index contributed by atoms with van der Waals surface area (Å²) in [4.78, 5) is 4.66. The minimum absolute atomic E-state index is 0.357. The second kappa shape index (κ2) is 8.04. The zero-order valence-corrected chi connectivity index (χ0v) is 12.1. The summed E-state index contributed by atoms with van der Waals surface area (Å²) in [6.07, 6.45) is 1.21. The molecule has 0 aliphatic heterocycles. The lowest BCUT2D eigenvalue weighted by Gasteiger charge is -2.31. The van der Waals surface area contributed by atoms with Crippen LogP contribution in [-0.2, 0) is 0 Å². The maximum absolute atomic E-state index is 3.51. The van der Waals surface area contributed by atoms with Crippen LogP contribution in [0.3, 0.4) is 0 Å². The molecule has 0 radical (unpaired) electrons. The van der Waals surface area contributed by atoms with Gasteiger partial charge in [-0.2, -0.15) is 0 Å². The van der Waals surface area contributed by atoms with Crippen LogP contribution >= 0.6 is 0 Å². The standard InChI is InChI=1S/C13H31N3/c1-7-8-14-11-13(2,3)12-16(6)10-9-15(4)5/h14H,7-12H2,1-6H3. The molecule has 0 aromatic rings. The first-order valence-corrected chi connectivity index (χ1v) is 6.41. The third-order valence-electron chi connectivity index (χ3n) is 2.66. The van der Waals surface area contributed by atoms with Crippen molar-refractivity contribution in [3.05, 3.63) is 0 Å². The van der Waals surface area contributed by atoms with Gasteiger partial charge in [-0.1, -0.05) is 20.8 Å². The lowest BCUT2D eigenvalue weighted by atomic mass is 9.92. The molecule has 0 unspecified atom stereocenters. The fraction of sp³-hybridized carbons (Fsp3) is 1.00. The molecule has 1 N–H and O–H groups in total. The van der Waals surface area contributed by atoms with E-state index in [4.69, 9.17) is 0 Å². The van der Waals surface area contributed by atoms with Crippen LogP contribution in [0.2, 0.25) is 0 Å². The van der Waals surface area contributed by atoms with Crippen molar-refractivity contribution in [2.75, 3.05) is 53.9 Å². The smallest absolute Gasteiger partial charge is 0.0106 e. The number of nitrogens with one attached hydrogen (secondary N) is 1. The van der Waals surface area contributed by atoms with Gasteiger partial charge in [0.1, 0.15) is 0 Å². The van der Waals surface area contributed by atoms with Crippen LogP contribution in [0.5, 0.6) is 0 Å². The van der Waals surface area contributed by atoms with E-state index in [-0.39, 0.29) is 0 Å². The maximum Gasteiger partial charge on any atom is 0.0106 e. The van der Waals surface area contributed by atoms with Crippen LogP contribution in [0.4, 0.5) is 0 Å². The second-order valence-corrected chi connectivity index (χ2v) is 5.88. The molecule has 0 spiro atoms. The molecule has 0 aliphatic carbocycles. The van der Waals surface area contributed by atoms with Crippen molar-refractivity contribution in [2.45, 2.75) is 27.2 Å². The Bertz CT molecular complexity index is 167. The molecular weight excluding hydrogens is 198 g/mol. The summed E-state index contributed by atoms with van der Waals surface area (Å²) in [5, 5.41) is 3.51. The zero-order valence-electron chi connectivity index (χ0n) is 12.1. The van der Waals surface area contributed by atoms with E-state index in [1.165, 1.54) is 6.42 Å². The highest BCUT2D eigenvalue weighted by Crippen LogP contribution is 2.14. The first-order valence-electron chi connectivity index (χ1n) is 6.41. The van der Waals surface area contributed by atoms with Gasteiger partial charge in [-0.05, 0) is 39.5 Å². The number of hydrogen-bond donors (Lipinski definition) is 1. The number of nitrogens with zero attached hydrogens (tertiary/aromatic N) is 2. The van der Waals surface area contributed by atoms with Crippen molar-refractivity contribution in [3.63, 3.8) is 0 Å². The Hall–Kier alpha value is -0.120. The van der Waals surface area contributed by atoms with E-state index in [9.17, 15) is 0 Å². The van der Waals surface area contributed by atoms with Gasteiger partial charge >= 0.3 is 0 Å². The summed E-state index contributed by atoms with van der Waals surface area (Å²) in [5.74, 6) is 0. The molecule has 0 aromatic heterocycles. The summed E-state index contributed by atoms with van der Waals surface area (Å²) >= 11 is 0. The van der Waals surface area contributed by atoms with Crippen molar-refractivity contribution in [3.8, 4) is 0 Å². The normalized spacial score (nSPS) is 12.8. The van der Waals surface area contributed by atoms with Crippen molar-refractivity contribution in [1.82, 2.24) is 15.1 Å². The number of rotatable bonds is 9. The van der Waals surface area contributed by atoms with Crippen LogP contribution in [-0.4, -0.2) is 63.7 Å². The maximum atomic E-state index is 3.51. The Morgan fingerprint density at radius 1 is 1.06 bits per heavy atom. The van der Waals surface area contributed by atoms with Gasteiger partial charge in [-0.25, -0.2) is 0 Å². The van der Waals surface area contributed by atoms with Gasteiger partial charge < -0.3 is 15.1 Å². The Balaban J connectivity index is 3.76. The molecule has 98 valence electrons. The number of hydrogen-bond acceptors (Lipinski definition) is 3. The zero-order chi connectivity index (χ0) is 12.6. The molecule has 0 atom stereocenters. The molecule has 3 nitrogen and oxygen atoms in total. The van der Waals surface area contributed by atoms with Crippen molar-refractivity contribution in [2.24, 2.45) is 5.41 Å². The van der Waals surface area contributed by atoms with E-state index in [0.717, 1.165) is 32.7 Å². The number of likely N-dealkylation sites (N-methyl/N-ethyl adjacent to an activating group) is 2. The summed E-state index contributed by atoms with van der Waals surface area (Å²) in [5.41, 5.74) is 0.357. The predicted octanol–water partition coefficient (Wildman–Crippen LogP) is 1.51. The molecule has 16 heavy (non-hydrogen) atoms. The van der Waals surface area contributed by atoms with Gasteiger partial charge in [0.25, 0.3) is 0 Å². The SMILES string of the molecule is CCCNCC(C)(C)CN(C)CCN(C)C. The van der Waals surface area contributed by atoms with Gasteiger partial charge in [-0.3, -0.25) is 0 Å². The van der Waals surface area contributed by atoms with Gasteiger partial charge in [0.2, 0.25) is 0 Å². The molecule has 0 aromatic carbocycles. The average Bonchev–Trinajstić information content (AvgIpc) is 2.14. The highest BCUT2D eigenvalue weighted by atomic mass is 15.2. The lowest BCUT2D eigenvalue weighted by molar-refractivity contribution is 0.191. The minimum atomic E-state index is 0.357. The lowest BCUT2D eigenvalue weighted by Crippen LogP contribution is -2.41. The van der Waals surface area contributed by atoms with Crippen molar-refractivity contribution in [1.29, 1.82) is 0 Å². The van der Waals surface area contributed by atoms with E-state index in [1.54, 1.807) is 0 Å². The van der Waals surface area contributed by atoms with Crippen LogP contribution in [0.15, 0.2) is 0 Å². The molecular formula is C13H31N3. The highest BCUT2D eigenvalue weighted by molar-refractivity contribution is 4.75. The molecule has 0 aliphatic rings. The van der Waals surface area contributed by atoms with Crippen LogP contribution in [0.1, 0.15) is 27.2 Å². The summed E-state index contributed by atoms with van der Waals surface area (Å²) < 4.78 is 0. The summed E-state index contributed by atoms with van der Waals surface area (Å²) in [6, 6.07) is 0. The fourth-order valence-corrected chi connectivity index (χ4v) is 1.84. The molecule has 0 fully saturated rings. The van der Waals surface area contributed by atoms with Crippen molar-refractivity contribution < 1.29 is 0 Å². The first kappa shape index (κ1) is 15.9. The van der Waals surface area contributed by atoms with Crippen LogP contribution < -0.4 is 5.32 Å².